The van der Waals surface area contributed by atoms with E-state index >= 15 is 0 Å². The number of rotatable bonds is 7. The average Bonchev–Trinajstić information content (AvgIpc) is 2.94. The molecule has 1 atom stereocenters. The first-order valence-corrected chi connectivity index (χ1v) is 12.7. The molecule has 0 aliphatic carbocycles. The van der Waals surface area contributed by atoms with Crippen molar-refractivity contribution in [2.45, 2.75) is 31.8 Å². The summed E-state index contributed by atoms with van der Waals surface area (Å²) in [4.78, 5) is 19.0. The molecule has 2 N–H and O–H groups in total. The first kappa shape index (κ1) is 24.7. The van der Waals surface area contributed by atoms with Gasteiger partial charge in [0, 0.05) is 42.9 Å². The lowest BCUT2D eigenvalue weighted by atomic mass is 9.93. The molecule has 1 aliphatic rings. The van der Waals surface area contributed by atoms with Crippen LogP contribution in [-0.2, 0) is 0 Å². The van der Waals surface area contributed by atoms with Crippen LogP contribution in [-0.4, -0.2) is 30.0 Å². The third kappa shape index (κ3) is 5.87. The van der Waals surface area contributed by atoms with Crippen LogP contribution in [0.4, 0.5) is 15.8 Å². The molecule has 0 saturated carbocycles. The molecule has 6 heteroatoms. The van der Waals surface area contributed by atoms with Crippen LogP contribution in [0.5, 0.6) is 0 Å². The summed E-state index contributed by atoms with van der Waals surface area (Å²) in [5.41, 5.74) is 5.59. The van der Waals surface area contributed by atoms with Crippen molar-refractivity contribution in [3.8, 4) is 0 Å². The number of aryl methyl sites for hydroxylation is 1. The van der Waals surface area contributed by atoms with Gasteiger partial charge in [0.15, 0.2) is 0 Å². The summed E-state index contributed by atoms with van der Waals surface area (Å²) < 4.78 is 13.9. The molecule has 2 heterocycles. The van der Waals surface area contributed by atoms with E-state index in [4.69, 9.17) is 0 Å². The predicted molar refractivity (Wildman–Crippen MR) is 146 cm³/mol. The molecule has 1 aliphatic heterocycles. The first-order chi connectivity index (χ1) is 18.1. The third-order valence-corrected chi connectivity index (χ3v) is 7.05. The maximum atomic E-state index is 13.9. The summed E-state index contributed by atoms with van der Waals surface area (Å²) >= 11 is 0. The highest BCUT2D eigenvalue weighted by atomic mass is 19.1. The van der Waals surface area contributed by atoms with Gasteiger partial charge in [0.2, 0.25) is 0 Å². The molecule has 4 aromatic rings. The Hall–Kier alpha value is -4.03. The Morgan fingerprint density at radius 3 is 2.30 bits per heavy atom. The predicted octanol–water partition coefficient (Wildman–Crippen LogP) is 6.13. The van der Waals surface area contributed by atoms with Gasteiger partial charge in [0.05, 0.1) is 11.6 Å². The highest BCUT2D eigenvalue weighted by molar-refractivity contribution is 6.04. The molecule has 1 aromatic heterocycles. The van der Waals surface area contributed by atoms with E-state index in [9.17, 15) is 9.18 Å². The largest absolute Gasteiger partial charge is 0.371 e. The molecule has 5 rings (SSSR count). The Labute approximate surface area is 217 Å². The number of aromatic nitrogens is 1. The number of carbonyl (C=O) groups excluding carboxylic acids is 1. The lowest BCUT2D eigenvalue weighted by molar-refractivity contribution is 0.102. The number of hydrogen-bond donors (Lipinski definition) is 2. The van der Waals surface area contributed by atoms with Gasteiger partial charge in [-0.3, -0.25) is 9.78 Å². The number of nitrogens with one attached hydrogen (secondary N) is 2. The van der Waals surface area contributed by atoms with Gasteiger partial charge in [-0.1, -0.05) is 36.4 Å². The standard InChI is InChI=1S/C31H31FN4O/c1-22-6-2-3-7-27(22)30(23-14-18-33-19-15-23)34-25-16-20-36(21-17-25)26-12-10-24(11-13-26)35-31(37)28-8-4-5-9-29(28)32/h2-15,18-19,25,30,34H,16-17,20-21H2,1H3,(H,35,37). The van der Waals surface area contributed by atoms with Gasteiger partial charge in [-0.25, -0.2) is 4.39 Å². The van der Waals surface area contributed by atoms with Crippen LogP contribution in [0.3, 0.4) is 0 Å². The maximum absolute atomic E-state index is 13.9. The van der Waals surface area contributed by atoms with E-state index in [1.165, 1.54) is 28.8 Å². The van der Waals surface area contributed by atoms with Gasteiger partial charge < -0.3 is 15.5 Å². The Morgan fingerprint density at radius 2 is 1.59 bits per heavy atom. The van der Waals surface area contributed by atoms with E-state index in [1.807, 2.05) is 36.7 Å². The van der Waals surface area contributed by atoms with Crippen molar-refractivity contribution in [1.29, 1.82) is 0 Å². The van der Waals surface area contributed by atoms with Crippen LogP contribution in [0.1, 0.15) is 45.9 Å². The van der Waals surface area contributed by atoms with Gasteiger partial charge in [0.25, 0.3) is 5.91 Å². The van der Waals surface area contributed by atoms with Crippen LogP contribution in [0.25, 0.3) is 0 Å². The van der Waals surface area contributed by atoms with Crippen molar-refractivity contribution in [2.75, 3.05) is 23.3 Å². The number of nitrogens with zero attached hydrogens (tertiary/aromatic N) is 2. The van der Waals surface area contributed by atoms with E-state index in [0.29, 0.717) is 11.7 Å². The molecular weight excluding hydrogens is 463 g/mol. The van der Waals surface area contributed by atoms with Crippen molar-refractivity contribution in [1.82, 2.24) is 10.3 Å². The topological polar surface area (TPSA) is 57.3 Å². The number of amides is 1. The fourth-order valence-electron chi connectivity index (χ4n) is 4.97. The molecule has 37 heavy (non-hydrogen) atoms. The Kier molecular flexibility index (Phi) is 7.57. The number of halogens is 1. The van der Waals surface area contributed by atoms with Gasteiger partial charge in [0.1, 0.15) is 5.82 Å². The smallest absolute Gasteiger partial charge is 0.258 e. The summed E-state index contributed by atoms with van der Waals surface area (Å²) in [5, 5.41) is 6.70. The van der Waals surface area contributed by atoms with Crippen LogP contribution in [0, 0.1) is 12.7 Å². The van der Waals surface area contributed by atoms with Crippen molar-refractivity contribution < 1.29 is 9.18 Å². The molecule has 188 valence electrons. The van der Waals surface area contributed by atoms with Crippen LogP contribution in [0.15, 0.2) is 97.3 Å². The third-order valence-electron chi connectivity index (χ3n) is 7.05. The zero-order chi connectivity index (χ0) is 25.6. The fourth-order valence-corrected chi connectivity index (χ4v) is 4.97. The monoisotopic (exact) mass is 494 g/mol. The number of piperidine rings is 1. The summed E-state index contributed by atoms with van der Waals surface area (Å²) in [6.07, 6.45) is 5.76. The zero-order valence-corrected chi connectivity index (χ0v) is 20.9. The van der Waals surface area contributed by atoms with Crippen LogP contribution >= 0.6 is 0 Å². The molecule has 0 bridgehead atoms. The Bertz CT molecular complexity index is 1330. The number of pyridine rings is 1. The van der Waals surface area contributed by atoms with Crippen molar-refractivity contribution in [3.05, 3.63) is 125 Å². The number of hydrogen-bond acceptors (Lipinski definition) is 4. The Morgan fingerprint density at radius 1 is 0.919 bits per heavy atom. The maximum Gasteiger partial charge on any atom is 0.258 e. The second-order valence-corrected chi connectivity index (χ2v) is 9.48. The van der Waals surface area contributed by atoms with E-state index in [-0.39, 0.29) is 11.6 Å². The summed E-state index contributed by atoms with van der Waals surface area (Å²) in [7, 11) is 0. The quantitative estimate of drug-likeness (QED) is 0.325. The van der Waals surface area contributed by atoms with Crippen molar-refractivity contribution in [3.63, 3.8) is 0 Å². The van der Waals surface area contributed by atoms with E-state index in [0.717, 1.165) is 31.6 Å². The molecule has 1 amide bonds. The average molecular weight is 495 g/mol. The summed E-state index contributed by atoms with van der Waals surface area (Å²) in [5.74, 6) is -0.975. The first-order valence-electron chi connectivity index (χ1n) is 12.7. The summed E-state index contributed by atoms with van der Waals surface area (Å²) in [6.45, 7) is 4.04. The molecule has 1 fully saturated rings. The SMILES string of the molecule is Cc1ccccc1C(NC1CCN(c2ccc(NC(=O)c3ccccc3F)cc2)CC1)c1ccncc1. The minimum Gasteiger partial charge on any atom is -0.371 e. The molecule has 0 spiro atoms. The van der Waals surface area contributed by atoms with Crippen LogP contribution < -0.4 is 15.5 Å². The van der Waals surface area contributed by atoms with Gasteiger partial charge >= 0.3 is 0 Å². The van der Waals surface area contributed by atoms with Crippen LogP contribution in [0.2, 0.25) is 0 Å². The fraction of sp³-hybridized carbons (Fsp3) is 0.226. The molecule has 3 aromatic carbocycles. The second kappa shape index (κ2) is 11.4. The van der Waals surface area contributed by atoms with Gasteiger partial charge in [-0.15, -0.1) is 0 Å². The van der Waals surface area contributed by atoms with Crippen molar-refractivity contribution >= 4 is 17.3 Å². The lowest BCUT2D eigenvalue weighted by Crippen LogP contribution is -2.44. The minimum absolute atomic E-state index is 0.0388. The number of anilines is 2. The molecule has 0 radical (unpaired) electrons. The second-order valence-electron chi connectivity index (χ2n) is 9.48. The minimum atomic E-state index is -0.526. The lowest BCUT2D eigenvalue weighted by Gasteiger charge is -2.36. The Balaban J connectivity index is 1.21. The molecular formula is C31H31FN4O. The van der Waals surface area contributed by atoms with Gasteiger partial charge in [-0.05, 0) is 85.0 Å². The number of carbonyl (C=O) groups is 1. The summed E-state index contributed by atoms with van der Waals surface area (Å²) in [6, 6.07) is 27.0. The molecule has 1 unspecified atom stereocenters. The zero-order valence-electron chi connectivity index (χ0n) is 20.9. The normalized spacial score (nSPS) is 14.8. The van der Waals surface area contributed by atoms with E-state index in [1.54, 1.807) is 12.1 Å². The van der Waals surface area contributed by atoms with Gasteiger partial charge in [-0.2, -0.15) is 0 Å². The highest BCUT2D eigenvalue weighted by Crippen LogP contribution is 2.28. The molecule has 5 nitrogen and oxygen atoms in total. The molecule has 1 saturated heterocycles. The van der Waals surface area contributed by atoms with E-state index in [2.05, 4.69) is 63.8 Å². The van der Waals surface area contributed by atoms with Crippen molar-refractivity contribution in [2.24, 2.45) is 0 Å². The highest BCUT2D eigenvalue weighted by Gasteiger charge is 2.24. The van der Waals surface area contributed by atoms with E-state index < -0.39 is 11.7 Å². The number of benzene rings is 3.